The molecule has 8 heteroatoms. The monoisotopic (exact) mass is 371 g/mol. The highest BCUT2D eigenvalue weighted by Crippen LogP contribution is 2.21. The Labute approximate surface area is 156 Å². The third-order valence-electron chi connectivity index (χ3n) is 3.51. The van der Waals surface area contributed by atoms with Crippen molar-refractivity contribution in [3.05, 3.63) is 54.1 Å². The Kier molecular flexibility index (Phi) is 7.18. The largest absolute Gasteiger partial charge is 0.482 e. The van der Waals surface area contributed by atoms with E-state index in [1.165, 1.54) is 7.11 Å². The number of imide groups is 1. The molecule has 3 amide bonds. The maximum Gasteiger partial charge on any atom is 0.343 e. The number of amides is 3. The summed E-state index contributed by atoms with van der Waals surface area (Å²) < 4.78 is 9.80. The zero-order valence-corrected chi connectivity index (χ0v) is 15.1. The number of hydrogen-bond donors (Lipinski definition) is 3. The first-order valence-corrected chi connectivity index (χ1v) is 8.18. The van der Waals surface area contributed by atoms with Crippen LogP contribution in [0.2, 0.25) is 0 Å². The second kappa shape index (κ2) is 9.81. The number of rotatable bonds is 7. The zero-order valence-electron chi connectivity index (χ0n) is 15.1. The standard InChI is InChI=1S/C19H21N3O5/c1-13-10-15(27-12-18(24)26-2)8-9-16(13)20-11-17(23)22-19(25)21-14-6-4-3-5-7-14/h3-10,20H,11-12H2,1-2H3,(H2,21,22,23,25). The molecule has 2 aromatic rings. The number of esters is 1. The van der Waals surface area contributed by atoms with E-state index in [-0.39, 0.29) is 13.2 Å². The van der Waals surface area contributed by atoms with Crippen LogP contribution in [-0.2, 0) is 14.3 Å². The predicted octanol–water partition coefficient (Wildman–Crippen LogP) is 2.31. The normalized spacial score (nSPS) is 9.85. The zero-order chi connectivity index (χ0) is 19.6. The molecule has 0 aromatic heterocycles. The van der Waals surface area contributed by atoms with Crippen molar-refractivity contribution < 1.29 is 23.9 Å². The average molecular weight is 371 g/mol. The van der Waals surface area contributed by atoms with Crippen LogP contribution < -0.4 is 20.7 Å². The Morgan fingerprint density at radius 2 is 1.78 bits per heavy atom. The minimum atomic E-state index is -0.601. The fraction of sp³-hybridized carbons (Fsp3) is 0.211. The number of ether oxygens (including phenoxy) is 2. The Morgan fingerprint density at radius 1 is 1.04 bits per heavy atom. The number of benzene rings is 2. The maximum atomic E-state index is 11.9. The number of carbonyl (C=O) groups excluding carboxylic acids is 3. The van der Waals surface area contributed by atoms with Crippen LogP contribution in [-0.4, -0.2) is 38.2 Å². The van der Waals surface area contributed by atoms with Gasteiger partial charge in [0.25, 0.3) is 0 Å². The number of hydrogen-bond acceptors (Lipinski definition) is 6. The first-order chi connectivity index (χ1) is 13.0. The van der Waals surface area contributed by atoms with Crippen LogP contribution in [0.3, 0.4) is 0 Å². The third-order valence-corrected chi connectivity index (χ3v) is 3.51. The Bertz CT molecular complexity index is 808. The summed E-state index contributed by atoms with van der Waals surface area (Å²) in [4.78, 5) is 34.7. The van der Waals surface area contributed by atoms with E-state index in [1.807, 2.05) is 13.0 Å². The number of anilines is 2. The summed E-state index contributed by atoms with van der Waals surface area (Å²) in [5.41, 5.74) is 2.12. The molecule has 3 N–H and O–H groups in total. The minimum Gasteiger partial charge on any atom is -0.482 e. The molecule has 2 rings (SSSR count). The van der Waals surface area contributed by atoms with E-state index >= 15 is 0 Å². The third kappa shape index (κ3) is 6.69. The van der Waals surface area contributed by atoms with Crippen LogP contribution in [0.1, 0.15) is 5.56 Å². The fourth-order valence-corrected chi connectivity index (χ4v) is 2.16. The highest BCUT2D eigenvalue weighted by molar-refractivity contribution is 6.02. The molecule has 2 aromatic carbocycles. The van der Waals surface area contributed by atoms with Crippen molar-refractivity contribution in [3.8, 4) is 5.75 Å². The second-order valence-electron chi connectivity index (χ2n) is 5.56. The molecule has 8 nitrogen and oxygen atoms in total. The molecule has 0 atom stereocenters. The molecule has 0 unspecified atom stereocenters. The van der Waals surface area contributed by atoms with Crippen LogP contribution in [0.25, 0.3) is 0 Å². The molecule has 142 valence electrons. The van der Waals surface area contributed by atoms with E-state index < -0.39 is 17.9 Å². The molecule has 0 bridgehead atoms. The molecular formula is C19H21N3O5. The lowest BCUT2D eigenvalue weighted by molar-refractivity contribution is -0.142. The number of carbonyl (C=O) groups is 3. The average Bonchev–Trinajstić information content (AvgIpc) is 2.66. The topological polar surface area (TPSA) is 106 Å². The molecule has 0 aliphatic rings. The van der Waals surface area contributed by atoms with Gasteiger partial charge < -0.3 is 20.1 Å². The lowest BCUT2D eigenvalue weighted by atomic mass is 10.2. The van der Waals surface area contributed by atoms with Crippen LogP contribution in [0.5, 0.6) is 5.75 Å². The summed E-state index contributed by atoms with van der Waals surface area (Å²) in [6, 6.07) is 13.3. The van der Waals surface area contributed by atoms with Gasteiger partial charge in [0.1, 0.15) is 5.75 Å². The van der Waals surface area contributed by atoms with Crippen molar-refractivity contribution in [1.82, 2.24) is 5.32 Å². The number of aryl methyl sites for hydroxylation is 1. The lowest BCUT2D eigenvalue weighted by Crippen LogP contribution is -2.38. The smallest absolute Gasteiger partial charge is 0.343 e. The van der Waals surface area contributed by atoms with Gasteiger partial charge in [-0.25, -0.2) is 9.59 Å². The van der Waals surface area contributed by atoms with E-state index in [4.69, 9.17) is 4.74 Å². The van der Waals surface area contributed by atoms with Gasteiger partial charge in [-0.3, -0.25) is 10.1 Å². The number of methoxy groups -OCH3 is 1. The Balaban J connectivity index is 1.80. The van der Waals surface area contributed by atoms with Gasteiger partial charge in [0.15, 0.2) is 6.61 Å². The Hall–Kier alpha value is -3.55. The molecule has 0 fully saturated rings. The molecule has 0 aliphatic heterocycles. The predicted molar refractivity (Wildman–Crippen MR) is 101 cm³/mol. The summed E-state index contributed by atoms with van der Waals surface area (Å²) in [7, 11) is 1.29. The Morgan fingerprint density at radius 3 is 2.44 bits per heavy atom. The number of nitrogens with one attached hydrogen (secondary N) is 3. The first-order valence-electron chi connectivity index (χ1n) is 8.18. The lowest BCUT2D eigenvalue weighted by Gasteiger charge is -2.12. The van der Waals surface area contributed by atoms with E-state index in [0.29, 0.717) is 17.1 Å². The van der Waals surface area contributed by atoms with Crippen molar-refractivity contribution in [2.24, 2.45) is 0 Å². The van der Waals surface area contributed by atoms with E-state index in [9.17, 15) is 14.4 Å². The van der Waals surface area contributed by atoms with Gasteiger partial charge in [-0.1, -0.05) is 18.2 Å². The van der Waals surface area contributed by atoms with Gasteiger partial charge in [0.05, 0.1) is 13.7 Å². The van der Waals surface area contributed by atoms with Crippen molar-refractivity contribution in [2.75, 3.05) is 30.9 Å². The SMILES string of the molecule is COC(=O)COc1ccc(NCC(=O)NC(=O)Nc2ccccc2)c(C)c1. The van der Waals surface area contributed by atoms with Crippen molar-refractivity contribution in [3.63, 3.8) is 0 Å². The minimum absolute atomic E-state index is 0.0780. The van der Waals surface area contributed by atoms with Crippen molar-refractivity contribution in [2.45, 2.75) is 6.92 Å². The van der Waals surface area contributed by atoms with Crippen molar-refractivity contribution >= 4 is 29.3 Å². The summed E-state index contributed by atoms with van der Waals surface area (Å²) >= 11 is 0. The van der Waals surface area contributed by atoms with Crippen molar-refractivity contribution in [1.29, 1.82) is 0 Å². The van der Waals surface area contributed by atoms with E-state index in [0.717, 1.165) is 5.56 Å². The van der Waals surface area contributed by atoms with Gasteiger partial charge in [-0.2, -0.15) is 0 Å². The van der Waals surface area contributed by atoms with Gasteiger partial charge in [-0.15, -0.1) is 0 Å². The highest BCUT2D eigenvalue weighted by Gasteiger charge is 2.09. The summed E-state index contributed by atoms with van der Waals surface area (Å²) in [5, 5.41) is 7.75. The van der Waals surface area contributed by atoms with Gasteiger partial charge in [0.2, 0.25) is 5.91 Å². The molecule has 0 spiro atoms. The van der Waals surface area contributed by atoms with E-state index in [1.54, 1.807) is 42.5 Å². The fourth-order valence-electron chi connectivity index (χ4n) is 2.16. The first kappa shape index (κ1) is 19.8. The second-order valence-corrected chi connectivity index (χ2v) is 5.56. The van der Waals surface area contributed by atoms with E-state index in [2.05, 4.69) is 20.7 Å². The van der Waals surface area contributed by atoms with Crippen LogP contribution in [0.15, 0.2) is 48.5 Å². The van der Waals surface area contributed by atoms with Crippen LogP contribution in [0.4, 0.5) is 16.2 Å². The van der Waals surface area contributed by atoms with Gasteiger partial charge in [-0.05, 0) is 42.8 Å². The molecule has 0 radical (unpaired) electrons. The molecular weight excluding hydrogens is 350 g/mol. The van der Waals surface area contributed by atoms with Gasteiger partial charge >= 0.3 is 12.0 Å². The number of para-hydroxylation sites is 1. The summed E-state index contributed by atoms with van der Waals surface area (Å²) in [6.07, 6.45) is 0. The highest BCUT2D eigenvalue weighted by atomic mass is 16.6. The maximum absolute atomic E-state index is 11.9. The van der Waals surface area contributed by atoms with Gasteiger partial charge in [0, 0.05) is 11.4 Å². The quantitative estimate of drug-likeness (QED) is 0.645. The van der Waals surface area contributed by atoms with Crippen LogP contribution in [0, 0.1) is 6.92 Å². The number of urea groups is 1. The summed E-state index contributed by atoms with van der Waals surface area (Å²) in [5.74, 6) is -0.440. The molecule has 0 saturated carbocycles. The summed E-state index contributed by atoms with van der Waals surface area (Å²) in [6.45, 7) is 1.57. The molecule has 0 heterocycles. The molecule has 27 heavy (non-hydrogen) atoms. The van der Waals surface area contributed by atoms with Crippen LogP contribution >= 0.6 is 0 Å². The molecule has 0 saturated heterocycles. The molecule has 0 aliphatic carbocycles.